The summed E-state index contributed by atoms with van der Waals surface area (Å²) in [5.41, 5.74) is 0. The summed E-state index contributed by atoms with van der Waals surface area (Å²) < 4.78 is 15.0. The van der Waals surface area contributed by atoms with Gasteiger partial charge in [0.15, 0.2) is 6.29 Å². The molecule has 1 aliphatic rings. The molecular formula is C7H12O4. The monoisotopic (exact) mass is 160 g/mol. The second kappa shape index (κ2) is 3.32. The maximum absolute atomic E-state index is 8.87. The molecule has 0 spiro atoms. The van der Waals surface area contributed by atoms with Gasteiger partial charge in [-0.05, 0) is 12.2 Å². The predicted octanol–water partition coefficient (Wildman–Crippen LogP) is -0.120. The number of hydrogen-bond acceptors (Lipinski definition) is 4. The van der Waals surface area contributed by atoms with Crippen molar-refractivity contribution >= 4 is 0 Å². The van der Waals surface area contributed by atoms with E-state index < -0.39 is 12.1 Å². The summed E-state index contributed by atoms with van der Waals surface area (Å²) in [6.45, 7) is -0.208. The maximum Gasteiger partial charge on any atom is 0.214 e. The molecule has 1 rings (SSSR count). The molecule has 64 valence electrons. The molecule has 0 saturated carbocycles. The molecule has 0 aromatic heterocycles. The fourth-order valence-electron chi connectivity index (χ4n) is 0.898. The van der Waals surface area contributed by atoms with Crippen molar-refractivity contribution in [3.05, 3.63) is 12.2 Å². The van der Waals surface area contributed by atoms with E-state index >= 15 is 0 Å². The van der Waals surface area contributed by atoms with E-state index in [1.807, 2.05) is 0 Å². The average molecular weight is 160 g/mol. The van der Waals surface area contributed by atoms with Crippen LogP contribution in [0.2, 0.25) is 0 Å². The van der Waals surface area contributed by atoms with Crippen molar-refractivity contribution < 1.29 is 19.3 Å². The number of ether oxygens (including phenoxy) is 3. The van der Waals surface area contributed by atoms with E-state index in [2.05, 4.69) is 0 Å². The van der Waals surface area contributed by atoms with Crippen molar-refractivity contribution in [2.45, 2.75) is 12.1 Å². The first-order valence-corrected chi connectivity index (χ1v) is 3.32. The van der Waals surface area contributed by atoms with Gasteiger partial charge in [-0.1, -0.05) is 0 Å². The molecule has 4 nitrogen and oxygen atoms in total. The van der Waals surface area contributed by atoms with E-state index in [4.69, 9.17) is 19.3 Å². The number of methoxy groups -OCH3 is 2. The van der Waals surface area contributed by atoms with Crippen LogP contribution in [0.1, 0.15) is 0 Å². The molecule has 0 amide bonds. The topological polar surface area (TPSA) is 47.9 Å². The molecule has 1 aliphatic heterocycles. The van der Waals surface area contributed by atoms with Crippen LogP contribution in [-0.2, 0) is 14.2 Å². The predicted molar refractivity (Wildman–Crippen MR) is 37.8 cm³/mol. The van der Waals surface area contributed by atoms with E-state index in [-0.39, 0.29) is 6.61 Å². The largest absolute Gasteiger partial charge is 0.390 e. The first kappa shape index (κ1) is 8.67. The van der Waals surface area contributed by atoms with Crippen LogP contribution in [0.3, 0.4) is 0 Å². The zero-order valence-electron chi connectivity index (χ0n) is 6.61. The quantitative estimate of drug-likeness (QED) is 0.585. The molecule has 4 heteroatoms. The molecule has 0 aromatic carbocycles. The first-order chi connectivity index (χ1) is 5.26. The highest BCUT2D eigenvalue weighted by Crippen LogP contribution is 2.23. The highest BCUT2D eigenvalue weighted by molar-refractivity contribution is 5.04. The lowest BCUT2D eigenvalue weighted by Gasteiger charge is -2.24. The lowest BCUT2D eigenvalue weighted by Crippen LogP contribution is -2.36. The summed E-state index contributed by atoms with van der Waals surface area (Å²) in [6.07, 6.45) is 2.92. The van der Waals surface area contributed by atoms with Crippen molar-refractivity contribution in [3.8, 4) is 0 Å². The van der Waals surface area contributed by atoms with Gasteiger partial charge in [0.2, 0.25) is 5.79 Å². The molecule has 0 unspecified atom stereocenters. The van der Waals surface area contributed by atoms with E-state index in [1.54, 1.807) is 12.2 Å². The second-order valence-corrected chi connectivity index (χ2v) is 2.26. The lowest BCUT2D eigenvalue weighted by molar-refractivity contribution is -0.255. The smallest absolute Gasteiger partial charge is 0.214 e. The Balaban J connectivity index is 2.57. The molecule has 0 fully saturated rings. The van der Waals surface area contributed by atoms with E-state index in [9.17, 15) is 0 Å². The minimum atomic E-state index is -0.999. The Labute approximate surface area is 65.4 Å². The van der Waals surface area contributed by atoms with Gasteiger partial charge in [0.05, 0.1) is 0 Å². The summed E-state index contributed by atoms with van der Waals surface area (Å²) in [5, 5.41) is 8.87. The van der Waals surface area contributed by atoms with Gasteiger partial charge in [-0.15, -0.1) is 0 Å². The molecule has 1 N–H and O–H groups in total. The Kier molecular flexibility index (Phi) is 2.62. The third kappa shape index (κ3) is 1.59. The van der Waals surface area contributed by atoms with E-state index in [0.717, 1.165) is 0 Å². The summed E-state index contributed by atoms with van der Waals surface area (Å²) in [5.74, 6) is -0.999. The standard InChI is InChI=1S/C7H12O4/c1-9-6-3-4-7(5-8,10-2)11-6/h3-4,6,8H,5H2,1-2H3/t6-,7+/m1/s1. The molecule has 0 saturated heterocycles. The highest BCUT2D eigenvalue weighted by atomic mass is 16.8. The summed E-state index contributed by atoms with van der Waals surface area (Å²) in [4.78, 5) is 0. The molecule has 1 heterocycles. The van der Waals surface area contributed by atoms with Crippen LogP contribution >= 0.6 is 0 Å². The third-order valence-electron chi connectivity index (χ3n) is 1.62. The Morgan fingerprint density at radius 2 is 2.36 bits per heavy atom. The van der Waals surface area contributed by atoms with E-state index in [0.29, 0.717) is 0 Å². The summed E-state index contributed by atoms with van der Waals surface area (Å²) in [7, 11) is 3.00. The normalized spacial score (nSPS) is 36.5. The molecule has 0 bridgehead atoms. The van der Waals surface area contributed by atoms with Gasteiger partial charge < -0.3 is 19.3 Å². The van der Waals surface area contributed by atoms with Crippen LogP contribution in [0.25, 0.3) is 0 Å². The Bertz CT molecular complexity index is 151. The molecule has 0 radical (unpaired) electrons. The number of aliphatic hydroxyl groups is 1. The molecule has 0 aliphatic carbocycles. The van der Waals surface area contributed by atoms with Crippen molar-refractivity contribution in [2.24, 2.45) is 0 Å². The van der Waals surface area contributed by atoms with Crippen molar-refractivity contribution in [2.75, 3.05) is 20.8 Å². The van der Waals surface area contributed by atoms with Crippen LogP contribution in [0.5, 0.6) is 0 Å². The Morgan fingerprint density at radius 1 is 1.64 bits per heavy atom. The summed E-state index contributed by atoms with van der Waals surface area (Å²) in [6, 6.07) is 0. The molecule has 0 aromatic rings. The van der Waals surface area contributed by atoms with Gasteiger partial charge in [-0.25, -0.2) is 0 Å². The Morgan fingerprint density at radius 3 is 2.64 bits per heavy atom. The first-order valence-electron chi connectivity index (χ1n) is 3.32. The van der Waals surface area contributed by atoms with Gasteiger partial charge in [-0.2, -0.15) is 0 Å². The molecule has 11 heavy (non-hydrogen) atoms. The number of rotatable bonds is 3. The van der Waals surface area contributed by atoms with Crippen molar-refractivity contribution in [1.82, 2.24) is 0 Å². The third-order valence-corrected chi connectivity index (χ3v) is 1.62. The fraction of sp³-hybridized carbons (Fsp3) is 0.714. The Hall–Kier alpha value is -0.420. The molecular weight excluding hydrogens is 148 g/mol. The van der Waals surface area contributed by atoms with Crippen molar-refractivity contribution in [3.63, 3.8) is 0 Å². The van der Waals surface area contributed by atoms with Crippen molar-refractivity contribution in [1.29, 1.82) is 0 Å². The van der Waals surface area contributed by atoms with Gasteiger partial charge in [0.25, 0.3) is 0 Å². The maximum atomic E-state index is 8.87. The zero-order chi connectivity index (χ0) is 8.32. The van der Waals surface area contributed by atoms with Crippen LogP contribution in [0.4, 0.5) is 0 Å². The second-order valence-electron chi connectivity index (χ2n) is 2.26. The minimum absolute atomic E-state index is 0.208. The van der Waals surface area contributed by atoms with Crippen LogP contribution in [-0.4, -0.2) is 38.0 Å². The average Bonchev–Trinajstić information content (AvgIpc) is 2.49. The molecule has 2 atom stereocenters. The van der Waals surface area contributed by atoms with Gasteiger partial charge in [0.1, 0.15) is 6.61 Å². The lowest BCUT2D eigenvalue weighted by atomic mass is 10.3. The van der Waals surface area contributed by atoms with Gasteiger partial charge in [-0.3, -0.25) is 0 Å². The van der Waals surface area contributed by atoms with Crippen LogP contribution in [0.15, 0.2) is 12.2 Å². The fourth-order valence-corrected chi connectivity index (χ4v) is 0.898. The minimum Gasteiger partial charge on any atom is -0.390 e. The SMILES string of the molecule is CO[C@H]1C=C[C@](CO)(OC)O1. The number of aliphatic hydroxyl groups excluding tert-OH is 1. The zero-order valence-corrected chi connectivity index (χ0v) is 6.61. The van der Waals surface area contributed by atoms with E-state index in [1.165, 1.54) is 14.2 Å². The summed E-state index contributed by atoms with van der Waals surface area (Å²) >= 11 is 0. The van der Waals surface area contributed by atoms with Gasteiger partial charge >= 0.3 is 0 Å². The highest BCUT2D eigenvalue weighted by Gasteiger charge is 2.34. The van der Waals surface area contributed by atoms with Crippen LogP contribution < -0.4 is 0 Å². The number of hydrogen-bond donors (Lipinski definition) is 1. The van der Waals surface area contributed by atoms with Gasteiger partial charge in [0, 0.05) is 14.2 Å². The van der Waals surface area contributed by atoms with Crippen LogP contribution in [0, 0.1) is 0 Å².